The highest BCUT2D eigenvalue weighted by molar-refractivity contribution is 7.26. The van der Waals surface area contributed by atoms with E-state index >= 15 is 0 Å². The van der Waals surface area contributed by atoms with Crippen molar-refractivity contribution in [1.29, 1.82) is 0 Å². The molecule has 4 heterocycles. The molecule has 0 radical (unpaired) electrons. The van der Waals surface area contributed by atoms with E-state index in [1.165, 1.54) is 68.9 Å². The SMILES string of the molecule is c1ccc2c(c1)cn1c3ccc4c5ccccc5sc4c3c3ccc4c5ccccc5oc4c3c21. The summed E-state index contributed by atoms with van der Waals surface area (Å²) in [4.78, 5) is 0. The second kappa shape index (κ2) is 6.21. The molecule has 0 aliphatic rings. The number of benzene rings is 5. The molecule has 0 bridgehead atoms. The van der Waals surface area contributed by atoms with Crippen LogP contribution < -0.4 is 0 Å². The van der Waals surface area contributed by atoms with Gasteiger partial charge in [-0.05, 0) is 29.7 Å². The van der Waals surface area contributed by atoms with Crippen LogP contribution in [0.5, 0.6) is 0 Å². The second-order valence-electron chi connectivity index (χ2n) is 9.33. The molecule has 35 heavy (non-hydrogen) atoms. The van der Waals surface area contributed by atoms with Gasteiger partial charge in [-0.15, -0.1) is 11.3 Å². The van der Waals surface area contributed by atoms with Crippen LogP contribution in [0.1, 0.15) is 0 Å². The van der Waals surface area contributed by atoms with E-state index in [2.05, 4.69) is 102 Å². The Hall–Kier alpha value is -4.34. The van der Waals surface area contributed by atoms with Gasteiger partial charge in [0.25, 0.3) is 0 Å². The van der Waals surface area contributed by atoms with Crippen molar-refractivity contribution in [2.45, 2.75) is 0 Å². The Balaban J connectivity index is 1.66. The summed E-state index contributed by atoms with van der Waals surface area (Å²) in [6.07, 6.45) is 2.28. The molecule has 0 saturated heterocycles. The summed E-state index contributed by atoms with van der Waals surface area (Å²) in [6, 6.07) is 34.9. The molecule has 9 rings (SSSR count). The van der Waals surface area contributed by atoms with Gasteiger partial charge in [0.15, 0.2) is 0 Å². The van der Waals surface area contributed by atoms with Crippen LogP contribution in [-0.2, 0) is 0 Å². The molecule has 162 valence electrons. The Morgan fingerprint density at radius 2 is 1.31 bits per heavy atom. The fraction of sp³-hybridized carbons (Fsp3) is 0. The fourth-order valence-electron chi connectivity index (χ4n) is 6.08. The molecule has 0 aliphatic heterocycles. The van der Waals surface area contributed by atoms with Crippen LogP contribution >= 0.6 is 11.3 Å². The van der Waals surface area contributed by atoms with Crippen molar-refractivity contribution in [1.82, 2.24) is 4.40 Å². The molecular formula is C32H17NOS. The molecule has 0 spiro atoms. The first-order valence-electron chi connectivity index (χ1n) is 11.9. The van der Waals surface area contributed by atoms with Gasteiger partial charge in [-0.1, -0.05) is 72.8 Å². The largest absolute Gasteiger partial charge is 0.455 e. The zero-order valence-corrected chi connectivity index (χ0v) is 19.4. The van der Waals surface area contributed by atoms with Gasteiger partial charge in [-0.2, -0.15) is 0 Å². The van der Waals surface area contributed by atoms with Gasteiger partial charge in [0.1, 0.15) is 11.2 Å². The average Bonchev–Trinajstić information content (AvgIpc) is 3.59. The van der Waals surface area contributed by atoms with Gasteiger partial charge in [-0.3, -0.25) is 0 Å². The Bertz CT molecular complexity index is 2330. The predicted octanol–water partition coefficient (Wildman–Crippen LogP) is 9.67. The van der Waals surface area contributed by atoms with Crippen molar-refractivity contribution in [2.24, 2.45) is 0 Å². The molecule has 4 aromatic heterocycles. The Morgan fingerprint density at radius 1 is 0.571 bits per heavy atom. The van der Waals surface area contributed by atoms with E-state index in [4.69, 9.17) is 4.42 Å². The molecule has 2 nitrogen and oxygen atoms in total. The smallest absolute Gasteiger partial charge is 0.145 e. The third-order valence-electron chi connectivity index (χ3n) is 7.56. The molecule has 0 amide bonds. The Kier molecular flexibility index (Phi) is 3.20. The Labute approximate surface area is 203 Å². The maximum absolute atomic E-state index is 6.60. The van der Waals surface area contributed by atoms with Gasteiger partial charge in [0, 0.05) is 53.3 Å². The van der Waals surface area contributed by atoms with E-state index < -0.39 is 0 Å². The number of hydrogen-bond donors (Lipinski definition) is 0. The lowest BCUT2D eigenvalue weighted by atomic mass is 9.99. The molecule has 0 fully saturated rings. The number of aromatic nitrogens is 1. The third-order valence-corrected chi connectivity index (χ3v) is 8.77. The number of fused-ring (bicyclic) bond motifs is 16. The van der Waals surface area contributed by atoms with E-state index in [0.717, 1.165) is 11.2 Å². The van der Waals surface area contributed by atoms with Crippen molar-refractivity contribution in [3.8, 4) is 0 Å². The number of nitrogens with zero attached hydrogens (tertiary/aromatic N) is 1. The quantitative estimate of drug-likeness (QED) is 0.205. The van der Waals surface area contributed by atoms with Crippen LogP contribution in [0.25, 0.3) is 80.1 Å². The fourth-order valence-corrected chi connectivity index (χ4v) is 7.33. The summed E-state index contributed by atoms with van der Waals surface area (Å²) in [5.74, 6) is 0. The highest BCUT2D eigenvalue weighted by atomic mass is 32.1. The number of pyridine rings is 1. The molecule has 0 atom stereocenters. The van der Waals surface area contributed by atoms with Crippen LogP contribution in [0.2, 0.25) is 0 Å². The molecule has 5 aromatic carbocycles. The van der Waals surface area contributed by atoms with Crippen molar-refractivity contribution in [3.63, 3.8) is 0 Å². The average molecular weight is 464 g/mol. The first-order chi connectivity index (χ1) is 17.4. The maximum atomic E-state index is 6.60. The minimum Gasteiger partial charge on any atom is -0.455 e. The summed E-state index contributed by atoms with van der Waals surface area (Å²) in [6.45, 7) is 0. The highest BCUT2D eigenvalue weighted by Gasteiger charge is 2.20. The minimum absolute atomic E-state index is 0.934. The zero-order valence-electron chi connectivity index (χ0n) is 18.6. The predicted molar refractivity (Wildman–Crippen MR) is 150 cm³/mol. The van der Waals surface area contributed by atoms with Crippen LogP contribution in [0.3, 0.4) is 0 Å². The van der Waals surface area contributed by atoms with Gasteiger partial charge in [0.05, 0.1) is 16.4 Å². The van der Waals surface area contributed by atoms with Gasteiger partial charge >= 0.3 is 0 Å². The third kappa shape index (κ3) is 2.15. The first-order valence-corrected chi connectivity index (χ1v) is 12.7. The molecule has 9 aromatic rings. The zero-order chi connectivity index (χ0) is 22.7. The summed E-state index contributed by atoms with van der Waals surface area (Å²) in [5, 5.41) is 11.2. The van der Waals surface area contributed by atoms with Crippen LogP contribution in [-0.4, -0.2) is 4.40 Å². The standard InChI is InChI=1S/C32H17NOS/c1-2-8-19-18(7-1)17-33-25-16-15-23-21-10-4-6-12-27(21)35-32(23)28(25)24-14-13-22-20-9-3-5-11-26(20)34-31(22)29(24)30(19)33/h1-17H. The lowest BCUT2D eigenvalue weighted by Gasteiger charge is -2.11. The van der Waals surface area contributed by atoms with Crippen LogP contribution in [0.4, 0.5) is 0 Å². The molecule has 0 N–H and O–H groups in total. The molecule has 0 aliphatic carbocycles. The molecule has 0 saturated carbocycles. The lowest BCUT2D eigenvalue weighted by Crippen LogP contribution is -1.90. The normalized spacial score (nSPS) is 12.6. The molecule has 3 heteroatoms. The number of hydrogen-bond acceptors (Lipinski definition) is 2. The number of rotatable bonds is 0. The molecule has 0 unspecified atom stereocenters. The van der Waals surface area contributed by atoms with Crippen molar-refractivity contribution in [3.05, 3.63) is 103 Å². The summed E-state index contributed by atoms with van der Waals surface area (Å²) < 4.78 is 11.7. The number of para-hydroxylation sites is 1. The summed E-state index contributed by atoms with van der Waals surface area (Å²) in [7, 11) is 0. The van der Waals surface area contributed by atoms with Crippen molar-refractivity contribution >= 4 is 91.4 Å². The second-order valence-corrected chi connectivity index (χ2v) is 10.4. The summed E-state index contributed by atoms with van der Waals surface area (Å²) >= 11 is 1.89. The van der Waals surface area contributed by atoms with Gasteiger partial charge in [0.2, 0.25) is 0 Å². The highest BCUT2D eigenvalue weighted by Crippen LogP contribution is 2.46. The Morgan fingerprint density at radius 3 is 2.26 bits per heavy atom. The number of thiophene rings is 1. The summed E-state index contributed by atoms with van der Waals surface area (Å²) in [5.41, 5.74) is 4.35. The minimum atomic E-state index is 0.934. The lowest BCUT2D eigenvalue weighted by molar-refractivity contribution is 0.673. The topological polar surface area (TPSA) is 17.6 Å². The van der Waals surface area contributed by atoms with Gasteiger partial charge < -0.3 is 8.82 Å². The van der Waals surface area contributed by atoms with Crippen LogP contribution in [0, 0.1) is 0 Å². The van der Waals surface area contributed by atoms with E-state index in [1.807, 2.05) is 17.4 Å². The van der Waals surface area contributed by atoms with Gasteiger partial charge in [-0.25, -0.2) is 0 Å². The van der Waals surface area contributed by atoms with E-state index in [0.29, 0.717) is 0 Å². The number of furan rings is 1. The monoisotopic (exact) mass is 463 g/mol. The van der Waals surface area contributed by atoms with Crippen molar-refractivity contribution in [2.75, 3.05) is 0 Å². The van der Waals surface area contributed by atoms with Crippen molar-refractivity contribution < 1.29 is 4.42 Å². The van der Waals surface area contributed by atoms with E-state index in [9.17, 15) is 0 Å². The van der Waals surface area contributed by atoms with E-state index in [1.54, 1.807) is 0 Å². The van der Waals surface area contributed by atoms with E-state index in [-0.39, 0.29) is 0 Å². The molecular weight excluding hydrogens is 446 g/mol. The first kappa shape index (κ1) is 18.0. The van der Waals surface area contributed by atoms with Crippen LogP contribution in [0.15, 0.2) is 108 Å². The maximum Gasteiger partial charge on any atom is 0.145 e.